The normalized spacial score (nSPS) is 19.0. The zero-order valence-electron chi connectivity index (χ0n) is 18.3. The number of benzene rings is 3. The second-order valence-electron chi connectivity index (χ2n) is 7.91. The molecule has 0 saturated carbocycles. The molecule has 174 valence electrons. The van der Waals surface area contributed by atoms with E-state index in [0.717, 1.165) is 12.1 Å². The molecule has 9 heteroatoms. The van der Waals surface area contributed by atoms with Gasteiger partial charge in [0.15, 0.2) is 4.87 Å². The maximum atomic E-state index is 14.5. The van der Waals surface area contributed by atoms with Crippen LogP contribution in [0.5, 0.6) is 5.75 Å². The first-order valence-electron chi connectivity index (χ1n) is 10.7. The van der Waals surface area contributed by atoms with Gasteiger partial charge in [0.2, 0.25) is 0 Å². The van der Waals surface area contributed by atoms with E-state index in [9.17, 15) is 18.4 Å². The lowest BCUT2D eigenvalue weighted by Crippen LogP contribution is -2.51. The quantitative estimate of drug-likeness (QED) is 0.573. The van der Waals surface area contributed by atoms with Crippen LogP contribution in [0.25, 0.3) is 0 Å². The fourth-order valence-corrected chi connectivity index (χ4v) is 5.88. The summed E-state index contributed by atoms with van der Waals surface area (Å²) in [6.45, 7) is 0.0285. The van der Waals surface area contributed by atoms with E-state index in [1.165, 1.54) is 34.7 Å². The van der Waals surface area contributed by atoms with Gasteiger partial charge in [0.05, 0.1) is 19.3 Å². The monoisotopic (exact) mass is 481 g/mol. The Morgan fingerprint density at radius 1 is 1.09 bits per heavy atom. The van der Waals surface area contributed by atoms with E-state index < -0.39 is 28.4 Å². The summed E-state index contributed by atoms with van der Waals surface area (Å²) in [5.74, 6) is -0.861. The van der Waals surface area contributed by atoms with E-state index in [2.05, 4.69) is 5.32 Å². The van der Waals surface area contributed by atoms with Crippen molar-refractivity contribution in [2.24, 2.45) is 0 Å². The number of amides is 3. The number of rotatable bonds is 4. The van der Waals surface area contributed by atoms with Gasteiger partial charge in [-0.2, -0.15) is 0 Å². The molecule has 1 fully saturated rings. The Labute approximate surface area is 199 Å². The first kappa shape index (κ1) is 22.2. The van der Waals surface area contributed by atoms with Crippen molar-refractivity contribution in [1.82, 2.24) is 4.90 Å². The Kier molecular flexibility index (Phi) is 5.65. The number of halogens is 2. The van der Waals surface area contributed by atoms with E-state index in [4.69, 9.17) is 4.74 Å². The molecule has 0 aliphatic carbocycles. The summed E-state index contributed by atoms with van der Waals surface area (Å²) in [6.07, 6.45) is 0. The molecule has 0 aromatic heterocycles. The third kappa shape index (κ3) is 3.47. The maximum Gasteiger partial charge on any atom is 0.323 e. The van der Waals surface area contributed by atoms with Gasteiger partial charge in [0.25, 0.3) is 5.91 Å². The molecule has 34 heavy (non-hydrogen) atoms. The summed E-state index contributed by atoms with van der Waals surface area (Å²) in [6, 6.07) is 17.2. The zero-order chi connectivity index (χ0) is 23.9. The number of ether oxygens (including phenoxy) is 1. The highest BCUT2D eigenvalue weighted by molar-refractivity contribution is 8.01. The van der Waals surface area contributed by atoms with E-state index in [1.807, 2.05) is 6.07 Å². The molecule has 5 rings (SSSR count). The zero-order valence-corrected chi connectivity index (χ0v) is 19.1. The molecule has 0 unspecified atom stereocenters. The molecular weight excluding hydrogens is 460 g/mol. The van der Waals surface area contributed by atoms with Gasteiger partial charge in [-0.3, -0.25) is 9.69 Å². The molecule has 2 aliphatic heterocycles. The Bertz CT molecular complexity index is 1250. The standard InChI is InChI=1S/C25H21F2N3O3S/c1-33-17-10-11-22-19(14-17)25(23(31)29(22)15-18-20(26)8-5-9-21(18)27)30(12-13-34-25)24(32)28-16-6-3-2-4-7-16/h2-11,14H,12-13,15H2,1H3,(H,28,32)/t25-/m1/s1. The number of para-hydroxylation sites is 1. The molecule has 3 amide bonds. The minimum atomic E-state index is -1.37. The van der Waals surface area contributed by atoms with E-state index in [1.54, 1.807) is 42.5 Å². The van der Waals surface area contributed by atoms with Gasteiger partial charge in [-0.25, -0.2) is 13.6 Å². The SMILES string of the molecule is COc1ccc2c(c1)[C@@]1(SCCN1C(=O)Nc1ccccc1)C(=O)N2Cc1c(F)cccc1F. The minimum absolute atomic E-state index is 0.210. The van der Waals surface area contributed by atoms with Gasteiger partial charge in [-0.1, -0.05) is 24.3 Å². The van der Waals surface area contributed by atoms with Crippen LogP contribution in [-0.4, -0.2) is 36.2 Å². The smallest absolute Gasteiger partial charge is 0.323 e. The van der Waals surface area contributed by atoms with Crippen LogP contribution < -0.4 is 15.0 Å². The van der Waals surface area contributed by atoms with Crippen LogP contribution in [0.15, 0.2) is 66.7 Å². The van der Waals surface area contributed by atoms with E-state index in [0.29, 0.717) is 35.0 Å². The third-order valence-electron chi connectivity index (χ3n) is 6.05. The average Bonchev–Trinajstić information content (AvgIpc) is 3.38. The molecule has 6 nitrogen and oxygen atoms in total. The van der Waals surface area contributed by atoms with Crippen molar-refractivity contribution in [1.29, 1.82) is 0 Å². The Morgan fingerprint density at radius 3 is 2.53 bits per heavy atom. The maximum absolute atomic E-state index is 14.5. The number of fused-ring (bicyclic) bond motifs is 2. The molecule has 0 bridgehead atoms. The molecular formula is C25H21F2N3O3S. The lowest BCUT2D eigenvalue weighted by Gasteiger charge is -2.33. The molecule has 1 saturated heterocycles. The summed E-state index contributed by atoms with van der Waals surface area (Å²) in [4.78, 5) is 28.8. The van der Waals surface area contributed by atoms with Gasteiger partial charge in [-0.15, -0.1) is 11.8 Å². The first-order valence-corrected chi connectivity index (χ1v) is 11.7. The predicted molar refractivity (Wildman–Crippen MR) is 127 cm³/mol. The van der Waals surface area contributed by atoms with Crippen LogP contribution in [-0.2, 0) is 16.2 Å². The summed E-state index contributed by atoms with van der Waals surface area (Å²) in [5.41, 5.74) is 1.43. The molecule has 3 aromatic carbocycles. The molecule has 2 heterocycles. The second-order valence-corrected chi connectivity index (χ2v) is 9.20. The van der Waals surface area contributed by atoms with Crippen molar-refractivity contribution in [3.8, 4) is 5.75 Å². The first-order chi connectivity index (χ1) is 16.5. The Hall–Kier alpha value is -3.59. The molecule has 1 N–H and O–H groups in total. The second kappa shape index (κ2) is 8.64. The lowest BCUT2D eigenvalue weighted by molar-refractivity contribution is -0.123. The van der Waals surface area contributed by atoms with Crippen molar-refractivity contribution >= 4 is 35.1 Å². The van der Waals surface area contributed by atoms with Crippen LogP contribution in [0.3, 0.4) is 0 Å². The summed E-state index contributed by atoms with van der Waals surface area (Å²) in [7, 11) is 1.51. The third-order valence-corrected chi connectivity index (χ3v) is 7.47. The summed E-state index contributed by atoms with van der Waals surface area (Å²) < 4.78 is 34.3. The van der Waals surface area contributed by atoms with Gasteiger partial charge in [-0.05, 0) is 42.5 Å². The molecule has 1 spiro atoms. The molecule has 0 radical (unpaired) electrons. The van der Waals surface area contributed by atoms with Gasteiger partial charge in [0.1, 0.15) is 17.4 Å². The Morgan fingerprint density at radius 2 is 1.82 bits per heavy atom. The van der Waals surface area contributed by atoms with Crippen molar-refractivity contribution < 1.29 is 23.1 Å². The van der Waals surface area contributed by atoms with Crippen molar-refractivity contribution in [2.45, 2.75) is 11.4 Å². The number of anilines is 2. The number of carbonyl (C=O) groups is 2. The van der Waals surface area contributed by atoms with E-state index >= 15 is 0 Å². The van der Waals surface area contributed by atoms with Crippen LogP contribution in [0.2, 0.25) is 0 Å². The molecule has 2 aliphatic rings. The number of hydrogen-bond acceptors (Lipinski definition) is 4. The number of carbonyl (C=O) groups excluding carboxylic acids is 2. The highest BCUT2D eigenvalue weighted by Crippen LogP contribution is 2.55. The number of nitrogens with one attached hydrogen (secondary N) is 1. The summed E-state index contributed by atoms with van der Waals surface area (Å²) >= 11 is 1.32. The lowest BCUT2D eigenvalue weighted by atomic mass is 10.1. The number of urea groups is 1. The number of methoxy groups -OCH3 is 1. The minimum Gasteiger partial charge on any atom is -0.497 e. The van der Waals surface area contributed by atoms with Crippen LogP contribution >= 0.6 is 11.8 Å². The predicted octanol–water partition coefficient (Wildman–Crippen LogP) is 4.95. The number of hydrogen-bond donors (Lipinski definition) is 1. The number of nitrogens with zero attached hydrogens (tertiary/aromatic N) is 2. The van der Waals surface area contributed by atoms with Crippen LogP contribution in [0.4, 0.5) is 25.0 Å². The topological polar surface area (TPSA) is 61.9 Å². The van der Waals surface area contributed by atoms with Crippen molar-refractivity contribution in [3.05, 3.63) is 89.5 Å². The largest absolute Gasteiger partial charge is 0.497 e. The highest BCUT2D eigenvalue weighted by Gasteiger charge is 2.59. The van der Waals surface area contributed by atoms with Gasteiger partial charge >= 0.3 is 6.03 Å². The fraction of sp³-hybridized carbons (Fsp3) is 0.200. The summed E-state index contributed by atoms with van der Waals surface area (Å²) in [5, 5.41) is 2.85. The highest BCUT2D eigenvalue weighted by atomic mass is 32.2. The van der Waals surface area contributed by atoms with Crippen LogP contribution in [0.1, 0.15) is 11.1 Å². The number of thioether (sulfide) groups is 1. The average molecular weight is 482 g/mol. The van der Waals surface area contributed by atoms with Gasteiger partial charge in [0, 0.05) is 29.1 Å². The molecule has 3 aromatic rings. The van der Waals surface area contributed by atoms with E-state index in [-0.39, 0.29) is 12.1 Å². The Balaban J connectivity index is 1.58. The van der Waals surface area contributed by atoms with Crippen molar-refractivity contribution in [3.63, 3.8) is 0 Å². The van der Waals surface area contributed by atoms with Gasteiger partial charge < -0.3 is 15.0 Å². The molecule has 1 atom stereocenters. The van der Waals surface area contributed by atoms with Crippen LogP contribution in [0, 0.1) is 11.6 Å². The fourth-order valence-electron chi connectivity index (χ4n) is 4.43. The van der Waals surface area contributed by atoms with Crippen molar-refractivity contribution in [2.75, 3.05) is 29.6 Å².